The summed E-state index contributed by atoms with van der Waals surface area (Å²) < 4.78 is 0. The summed E-state index contributed by atoms with van der Waals surface area (Å²) in [6.45, 7) is 0. The van der Waals surface area contributed by atoms with Gasteiger partial charge in [-0.1, -0.05) is 30.4 Å². The highest BCUT2D eigenvalue weighted by atomic mass is 15.3. The van der Waals surface area contributed by atoms with Crippen LogP contribution >= 0.6 is 0 Å². The average molecular weight is 264 g/mol. The molecule has 0 amide bonds. The Morgan fingerprint density at radius 3 is 1.70 bits per heavy atom. The molecule has 0 atom stereocenters. The summed E-state index contributed by atoms with van der Waals surface area (Å²) in [5, 5.41) is 29.0. The molecule has 2 rings (SSSR count). The van der Waals surface area contributed by atoms with Gasteiger partial charge < -0.3 is 10.6 Å². The van der Waals surface area contributed by atoms with Crippen molar-refractivity contribution in [3.05, 3.63) is 59.2 Å². The first-order valence-corrected chi connectivity index (χ1v) is 5.55. The monoisotopic (exact) mass is 264 g/mol. The van der Waals surface area contributed by atoms with Crippen molar-refractivity contribution in [2.75, 3.05) is 0 Å². The molecular formula is C12H8N8. The van der Waals surface area contributed by atoms with E-state index in [1.54, 1.807) is 48.6 Å². The molecule has 0 heterocycles. The first-order valence-electron chi connectivity index (χ1n) is 5.55. The molecule has 8 nitrogen and oxygen atoms in total. The zero-order valence-electron chi connectivity index (χ0n) is 10.2. The molecule has 0 spiro atoms. The van der Waals surface area contributed by atoms with Gasteiger partial charge in [0, 0.05) is 5.71 Å². The Labute approximate surface area is 114 Å². The molecule has 0 aromatic carbocycles. The van der Waals surface area contributed by atoms with E-state index in [4.69, 9.17) is 10.9 Å². The topological polar surface area (TPSA) is 112 Å². The zero-order valence-corrected chi connectivity index (χ0v) is 10.2. The van der Waals surface area contributed by atoms with Crippen LogP contribution in [0.15, 0.2) is 74.2 Å². The zero-order chi connectivity index (χ0) is 14.2. The van der Waals surface area contributed by atoms with Crippen LogP contribution in [-0.2, 0) is 0 Å². The lowest BCUT2D eigenvalue weighted by Crippen LogP contribution is -2.13. The predicted molar refractivity (Wildman–Crippen MR) is 77.2 cm³/mol. The lowest BCUT2D eigenvalue weighted by atomic mass is 10.1. The molecule has 0 aliphatic heterocycles. The van der Waals surface area contributed by atoms with Crippen LogP contribution in [-0.4, -0.2) is 22.8 Å². The summed E-state index contributed by atoms with van der Waals surface area (Å²) >= 11 is 0. The van der Waals surface area contributed by atoms with Crippen LogP contribution in [0, 0.1) is 5.39 Å². The van der Waals surface area contributed by atoms with Crippen LogP contribution in [0.1, 0.15) is 0 Å². The maximum absolute atomic E-state index is 8.47. The van der Waals surface area contributed by atoms with Gasteiger partial charge >= 0.3 is 5.08 Å². The molecule has 8 heteroatoms. The normalized spacial score (nSPS) is 24.8. The Morgan fingerprint density at radius 2 is 1.20 bits per heavy atom. The van der Waals surface area contributed by atoms with Crippen molar-refractivity contribution in [2.24, 2.45) is 25.6 Å². The summed E-state index contributed by atoms with van der Waals surface area (Å²) in [7, 11) is 0. The molecular weight excluding hydrogens is 256 g/mol. The molecule has 0 aromatic heterocycles. The summed E-state index contributed by atoms with van der Waals surface area (Å²) in [4.78, 5) is 0. The van der Waals surface area contributed by atoms with Gasteiger partial charge in [-0.2, -0.15) is 5.10 Å². The fraction of sp³-hybridized carbons (Fsp3) is 0. The molecule has 20 heavy (non-hydrogen) atoms. The highest BCUT2D eigenvalue weighted by molar-refractivity contribution is 6.52. The molecule has 0 saturated carbocycles. The maximum Gasteiger partial charge on any atom is 0.339 e. The van der Waals surface area contributed by atoms with Gasteiger partial charge in [0.1, 0.15) is 5.71 Å². The van der Waals surface area contributed by atoms with Gasteiger partial charge in [0.05, 0.1) is 5.71 Å². The van der Waals surface area contributed by atoms with E-state index in [2.05, 4.69) is 30.7 Å². The van der Waals surface area contributed by atoms with E-state index in [9.17, 15) is 0 Å². The average Bonchev–Trinajstić information content (AvgIpc) is 2.48. The Hall–Kier alpha value is -3.34. The third-order valence-corrected chi connectivity index (χ3v) is 2.33. The highest BCUT2D eigenvalue weighted by Crippen LogP contribution is 2.03. The third-order valence-electron chi connectivity index (χ3n) is 2.33. The number of rotatable bonds is 2. The quantitative estimate of drug-likeness (QED) is 0.324. The molecule has 96 valence electrons. The number of hydrogen-bond acceptors (Lipinski definition) is 5. The van der Waals surface area contributed by atoms with Gasteiger partial charge in [-0.15, -0.1) is 5.10 Å². The number of hydrogen-bond donors (Lipinski definition) is 0. The second kappa shape index (κ2) is 6.55. The van der Waals surface area contributed by atoms with Crippen LogP contribution < -0.4 is 0 Å². The standard InChI is InChI=1S/C12H8N8/c13-19-17-11-7-3-1-5-9(11)15-16-10-6-2-4-8-12(10)18-20-14/h1-8H. The largest absolute Gasteiger partial charge is 0.362 e. The molecule has 2 aliphatic carbocycles. The maximum atomic E-state index is 8.47. The predicted octanol–water partition coefficient (Wildman–Crippen LogP) is 2.62. The summed E-state index contributed by atoms with van der Waals surface area (Å²) in [5.74, 6) is 0. The third kappa shape index (κ3) is 3.11. The van der Waals surface area contributed by atoms with Crippen molar-refractivity contribution in [1.29, 1.82) is 5.39 Å². The van der Waals surface area contributed by atoms with Crippen molar-refractivity contribution < 1.29 is 0 Å². The highest BCUT2D eigenvalue weighted by Gasteiger charge is 2.11. The molecule has 0 saturated heterocycles. The van der Waals surface area contributed by atoms with Crippen LogP contribution in [0.25, 0.3) is 10.6 Å². The molecule has 0 aromatic rings. The first kappa shape index (κ1) is 13.1. The fourth-order valence-corrected chi connectivity index (χ4v) is 1.47. The van der Waals surface area contributed by atoms with E-state index in [1.165, 1.54) is 0 Å². The lowest BCUT2D eigenvalue weighted by Gasteiger charge is -2.07. The van der Waals surface area contributed by atoms with Crippen LogP contribution in [0.5, 0.6) is 0 Å². The van der Waals surface area contributed by atoms with E-state index >= 15 is 0 Å². The van der Waals surface area contributed by atoms with Crippen molar-refractivity contribution in [3.8, 4) is 0 Å². The minimum Gasteiger partial charge on any atom is -0.362 e. The molecule has 0 unspecified atom stereocenters. The summed E-state index contributed by atoms with van der Waals surface area (Å²) in [6, 6.07) is 0. The van der Waals surface area contributed by atoms with Crippen molar-refractivity contribution in [1.82, 2.24) is 0 Å². The van der Waals surface area contributed by atoms with Crippen LogP contribution in [0.2, 0.25) is 0 Å². The lowest BCUT2D eigenvalue weighted by molar-refractivity contribution is 1.21. The first-order chi connectivity index (χ1) is 9.85. The van der Waals surface area contributed by atoms with Gasteiger partial charge in [-0.25, -0.2) is 0 Å². The second-order valence-corrected chi connectivity index (χ2v) is 3.56. The van der Waals surface area contributed by atoms with E-state index in [1.807, 2.05) is 0 Å². The van der Waals surface area contributed by atoms with Gasteiger partial charge in [0.2, 0.25) is 0 Å². The number of allylic oxidation sites excluding steroid dienone is 8. The van der Waals surface area contributed by atoms with Crippen molar-refractivity contribution in [3.63, 3.8) is 0 Å². The Kier molecular flexibility index (Phi) is 4.29. The van der Waals surface area contributed by atoms with Crippen LogP contribution in [0.4, 0.5) is 0 Å². The SMILES string of the molecule is N#[N+]N=C1C=CC=CC1=NN=C1C=CC=CC1=NN=[N-]. The van der Waals surface area contributed by atoms with Crippen LogP contribution in [0.3, 0.4) is 0 Å². The van der Waals surface area contributed by atoms with E-state index in [-0.39, 0.29) is 0 Å². The van der Waals surface area contributed by atoms with Gasteiger partial charge in [-0.05, 0) is 18.2 Å². The second-order valence-electron chi connectivity index (χ2n) is 3.56. The fourth-order valence-electron chi connectivity index (χ4n) is 1.47. The van der Waals surface area contributed by atoms with E-state index in [0.717, 1.165) is 0 Å². The van der Waals surface area contributed by atoms with Gasteiger partial charge in [0.25, 0.3) is 5.39 Å². The minimum absolute atomic E-state index is 0.375. The summed E-state index contributed by atoms with van der Waals surface area (Å²) in [6.07, 6.45) is 13.6. The molecule has 2 aliphatic rings. The van der Waals surface area contributed by atoms with Gasteiger partial charge in [-0.3, -0.25) is 5.22 Å². The molecule has 0 bridgehead atoms. The molecule has 0 N–H and O–H groups in total. The Balaban J connectivity index is 2.33. The Bertz CT molecular complexity index is 691. The minimum atomic E-state index is 0.375. The number of diazo groups is 1. The Morgan fingerprint density at radius 1 is 0.750 bits per heavy atom. The van der Waals surface area contributed by atoms with Crippen molar-refractivity contribution >= 4 is 22.8 Å². The molecule has 0 radical (unpaired) electrons. The van der Waals surface area contributed by atoms with Crippen molar-refractivity contribution in [2.45, 2.75) is 0 Å². The smallest absolute Gasteiger partial charge is 0.339 e. The number of nitrogens with zero attached hydrogens (tertiary/aromatic N) is 8. The summed E-state index contributed by atoms with van der Waals surface area (Å²) in [5.41, 5.74) is 10.1. The van der Waals surface area contributed by atoms with Gasteiger partial charge in [0.15, 0.2) is 10.8 Å². The van der Waals surface area contributed by atoms with E-state index in [0.29, 0.717) is 22.8 Å². The molecule has 0 fully saturated rings. The van der Waals surface area contributed by atoms with E-state index < -0.39 is 0 Å².